The van der Waals surface area contributed by atoms with Crippen molar-refractivity contribution in [3.8, 4) is 5.75 Å². The van der Waals surface area contributed by atoms with Crippen molar-refractivity contribution in [1.82, 2.24) is 0 Å². The molecule has 0 aliphatic heterocycles. The Kier molecular flexibility index (Phi) is 5.65. The van der Waals surface area contributed by atoms with Gasteiger partial charge in [-0.2, -0.15) is 0 Å². The van der Waals surface area contributed by atoms with E-state index in [1.54, 1.807) is 6.92 Å². The van der Waals surface area contributed by atoms with Crippen LogP contribution in [0.25, 0.3) is 10.8 Å². The molecule has 2 rings (SSSR count). The molecule has 0 amide bonds. The fraction of sp³-hybridized carbons (Fsp3) is 0.154. The van der Waals surface area contributed by atoms with E-state index < -0.39 is 0 Å². The van der Waals surface area contributed by atoms with Gasteiger partial charge in [-0.15, -0.1) is 0 Å². The predicted octanol–water partition coefficient (Wildman–Crippen LogP) is 2.51. The summed E-state index contributed by atoms with van der Waals surface area (Å²) in [5.74, 6) is 0.436. The normalized spacial score (nSPS) is 9.56. The second-order valence-electron chi connectivity index (χ2n) is 3.30. The Hall–Kier alpha value is -0.194. The number of ether oxygens (including phenoxy) is 1. The SMILES string of the molecule is CCC(=O)Oc1cccc2ccccc12.[KH]. The van der Waals surface area contributed by atoms with E-state index in [2.05, 4.69) is 0 Å². The minimum absolute atomic E-state index is 0. The van der Waals surface area contributed by atoms with E-state index in [-0.39, 0.29) is 57.4 Å². The third-order valence-corrected chi connectivity index (χ3v) is 2.26. The van der Waals surface area contributed by atoms with Crippen LogP contribution in [0.15, 0.2) is 42.5 Å². The summed E-state index contributed by atoms with van der Waals surface area (Å²) < 4.78 is 5.24. The summed E-state index contributed by atoms with van der Waals surface area (Å²) in [6.07, 6.45) is 0.392. The van der Waals surface area contributed by atoms with Crippen molar-refractivity contribution in [2.75, 3.05) is 0 Å². The summed E-state index contributed by atoms with van der Waals surface area (Å²) in [6, 6.07) is 13.6. The molecule has 0 unspecified atom stereocenters. The molecule has 78 valence electrons. The molecule has 0 radical (unpaired) electrons. The van der Waals surface area contributed by atoms with Crippen LogP contribution in [0.1, 0.15) is 13.3 Å². The molecule has 0 saturated carbocycles. The third kappa shape index (κ3) is 3.15. The first kappa shape index (κ1) is 13.9. The predicted molar refractivity (Wildman–Crippen MR) is 67.0 cm³/mol. The van der Waals surface area contributed by atoms with Gasteiger partial charge in [0.25, 0.3) is 0 Å². The van der Waals surface area contributed by atoms with E-state index in [1.807, 2.05) is 42.5 Å². The molecule has 0 fully saturated rings. The van der Waals surface area contributed by atoms with Crippen LogP contribution in [0.4, 0.5) is 0 Å². The number of carbonyl (C=O) groups excluding carboxylic acids is 1. The molecule has 2 nitrogen and oxygen atoms in total. The molecular formula is C13H13KO2. The quantitative estimate of drug-likeness (QED) is 0.458. The maximum absolute atomic E-state index is 11.2. The zero-order chi connectivity index (χ0) is 10.7. The second-order valence-corrected chi connectivity index (χ2v) is 3.30. The summed E-state index contributed by atoms with van der Waals surface area (Å²) in [6.45, 7) is 1.79. The molecule has 0 aromatic heterocycles. The summed E-state index contributed by atoms with van der Waals surface area (Å²) >= 11 is 0. The molecule has 16 heavy (non-hydrogen) atoms. The molecule has 0 spiro atoms. The van der Waals surface area contributed by atoms with Gasteiger partial charge < -0.3 is 4.74 Å². The van der Waals surface area contributed by atoms with Gasteiger partial charge in [0.2, 0.25) is 0 Å². The molecule has 2 aromatic carbocycles. The van der Waals surface area contributed by atoms with Crippen LogP contribution < -0.4 is 4.74 Å². The summed E-state index contributed by atoms with van der Waals surface area (Å²) in [4.78, 5) is 11.2. The summed E-state index contributed by atoms with van der Waals surface area (Å²) in [7, 11) is 0. The van der Waals surface area contributed by atoms with Crippen molar-refractivity contribution < 1.29 is 9.53 Å². The number of benzene rings is 2. The molecule has 3 heteroatoms. The molecule has 0 bridgehead atoms. The zero-order valence-corrected chi connectivity index (χ0v) is 8.57. The van der Waals surface area contributed by atoms with E-state index in [9.17, 15) is 4.79 Å². The molecule has 2 aromatic rings. The average molecular weight is 240 g/mol. The van der Waals surface area contributed by atoms with E-state index >= 15 is 0 Å². The topological polar surface area (TPSA) is 26.3 Å². The summed E-state index contributed by atoms with van der Waals surface area (Å²) in [5.41, 5.74) is 0. The van der Waals surface area contributed by atoms with Gasteiger partial charge >= 0.3 is 57.4 Å². The van der Waals surface area contributed by atoms with Crippen LogP contribution in [-0.2, 0) is 4.79 Å². The number of carbonyl (C=O) groups is 1. The Morgan fingerprint density at radius 2 is 1.81 bits per heavy atom. The van der Waals surface area contributed by atoms with Crippen molar-refractivity contribution in [2.24, 2.45) is 0 Å². The zero-order valence-electron chi connectivity index (χ0n) is 8.57. The first-order valence-corrected chi connectivity index (χ1v) is 4.99. The van der Waals surface area contributed by atoms with E-state index in [4.69, 9.17) is 4.74 Å². The van der Waals surface area contributed by atoms with Crippen LogP contribution >= 0.6 is 0 Å². The third-order valence-electron chi connectivity index (χ3n) is 2.26. The second kappa shape index (κ2) is 6.52. The molecule has 0 aliphatic rings. The Labute approximate surface area is 137 Å². The molecule has 0 heterocycles. The van der Waals surface area contributed by atoms with Crippen LogP contribution in [0.2, 0.25) is 0 Å². The number of hydrogen-bond donors (Lipinski definition) is 0. The van der Waals surface area contributed by atoms with E-state index in [0.29, 0.717) is 12.2 Å². The number of hydrogen-bond acceptors (Lipinski definition) is 2. The van der Waals surface area contributed by atoms with Crippen molar-refractivity contribution >= 4 is 68.1 Å². The average Bonchev–Trinajstić information content (AvgIpc) is 2.29. The Bertz CT molecular complexity index is 489. The number of esters is 1. The van der Waals surface area contributed by atoms with Crippen LogP contribution in [-0.4, -0.2) is 57.4 Å². The summed E-state index contributed by atoms with van der Waals surface area (Å²) in [5, 5.41) is 2.06. The van der Waals surface area contributed by atoms with Gasteiger partial charge in [0.05, 0.1) is 0 Å². The van der Waals surface area contributed by atoms with Crippen molar-refractivity contribution in [3.63, 3.8) is 0 Å². The van der Waals surface area contributed by atoms with Crippen molar-refractivity contribution in [2.45, 2.75) is 13.3 Å². The molecule has 0 aliphatic carbocycles. The van der Waals surface area contributed by atoms with Gasteiger partial charge in [-0.3, -0.25) is 4.79 Å². The molecule has 0 N–H and O–H groups in total. The van der Waals surface area contributed by atoms with Gasteiger partial charge in [-0.05, 0) is 11.5 Å². The number of rotatable bonds is 2. The Morgan fingerprint density at radius 3 is 2.56 bits per heavy atom. The van der Waals surface area contributed by atoms with Crippen LogP contribution in [0.5, 0.6) is 5.75 Å². The Balaban J connectivity index is 0.00000128. The van der Waals surface area contributed by atoms with Gasteiger partial charge in [0.15, 0.2) is 0 Å². The standard InChI is InChI=1S/C13H12O2.K.H/c1-2-13(14)15-12-9-5-7-10-6-3-4-8-11(10)12;;/h3-9H,2H2,1H3;;. The van der Waals surface area contributed by atoms with Gasteiger partial charge in [-0.1, -0.05) is 43.3 Å². The van der Waals surface area contributed by atoms with Gasteiger partial charge in [-0.25, -0.2) is 0 Å². The van der Waals surface area contributed by atoms with Crippen molar-refractivity contribution in [1.29, 1.82) is 0 Å². The maximum atomic E-state index is 11.2. The fourth-order valence-corrected chi connectivity index (χ4v) is 1.48. The Morgan fingerprint density at radius 1 is 1.12 bits per heavy atom. The first-order valence-electron chi connectivity index (χ1n) is 4.99. The molecule has 0 atom stereocenters. The van der Waals surface area contributed by atoms with Crippen LogP contribution in [0, 0.1) is 0 Å². The van der Waals surface area contributed by atoms with Gasteiger partial charge in [0, 0.05) is 11.8 Å². The van der Waals surface area contributed by atoms with Crippen LogP contribution in [0.3, 0.4) is 0 Å². The monoisotopic (exact) mass is 240 g/mol. The molecule has 0 saturated heterocycles. The van der Waals surface area contributed by atoms with Crippen molar-refractivity contribution in [3.05, 3.63) is 42.5 Å². The molecular weight excluding hydrogens is 227 g/mol. The minimum atomic E-state index is -0.202. The van der Waals surface area contributed by atoms with E-state index in [0.717, 1.165) is 10.8 Å². The first-order chi connectivity index (χ1) is 7.31. The fourth-order valence-electron chi connectivity index (χ4n) is 1.48. The number of fused-ring (bicyclic) bond motifs is 1. The van der Waals surface area contributed by atoms with Gasteiger partial charge in [0.1, 0.15) is 5.75 Å². The van der Waals surface area contributed by atoms with E-state index in [1.165, 1.54) is 0 Å².